The van der Waals surface area contributed by atoms with Crippen LogP contribution in [-0.2, 0) is 16.0 Å². The van der Waals surface area contributed by atoms with E-state index >= 15 is 0 Å². The van der Waals surface area contributed by atoms with Crippen molar-refractivity contribution in [3.63, 3.8) is 0 Å². The summed E-state index contributed by atoms with van der Waals surface area (Å²) in [4.78, 5) is 27.4. The molecular formula is C32H24N4O3. The molecule has 0 saturated heterocycles. The SMILES string of the molecule is CC1=C(C#N)C(=O)N(CCc2ccccc2)C(=O)/C1=C/c1ccc(-c2ccc(N=Nc3ccccc3)cc2)o1. The molecule has 39 heavy (non-hydrogen) atoms. The molecule has 0 N–H and O–H groups in total. The van der Waals surface area contributed by atoms with E-state index in [0.29, 0.717) is 29.2 Å². The van der Waals surface area contributed by atoms with Gasteiger partial charge in [-0.3, -0.25) is 14.5 Å². The van der Waals surface area contributed by atoms with Crippen LogP contribution in [0.2, 0.25) is 0 Å². The molecule has 0 unspecified atom stereocenters. The quantitative estimate of drug-likeness (QED) is 0.149. The van der Waals surface area contributed by atoms with Crippen molar-refractivity contribution in [1.82, 2.24) is 4.90 Å². The number of rotatable bonds is 7. The molecule has 1 aliphatic heterocycles. The van der Waals surface area contributed by atoms with Gasteiger partial charge in [-0.2, -0.15) is 15.5 Å². The summed E-state index contributed by atoms with van der Waals surface area (Å²) in [6.07, 6.45) is 2.08. The summed E-state index contributed by atoms with van der Waals surface area (Å²) in [6, 6.07) is 32.1. The van der Waals surface area contributed by atoms with E-state index in [0.717, 1.165) is 21.7 Å². The van der Waals surface area contributed by atoms with Gasteiger partial charge >= 0.3 is 0 Å². The fraction of sp³-hybridized carbons (Fsp3) is 0.0938. The van der Waals surface area contributed by atoms with E-state index in [1.54, 1.807) is 19.1 Å². The smallest absolute Gasteiger partial charge is 0.271 e. The largest absolute Gasteiger partial charge is 0.457 e. The molecular weight excluding hydrogens is 488 g/mol. The summed E-state index contributed by atoms with van der Waals surface area (Å²) in [5, 5.41) is 18.1. The lowest BCUT2D eigenvalue weighted by Crippen LogP contribution is -2.43. The van der Waals surface area contributed by atoms with Crippen molar-refractivity contribution >= 4 is 29.3 Å². The predicted molar refractivity (Wildman–Crippen MR) is 148 cm³/mol. The molecule has 0 spiro atoms. The van der Waals surface area contributed by atoms with Gasteiger partial charge in [0.1, 0.15) is 23.2 Å². The topological polar surface area (TPSA) is 99.0 Å². The molecule has 0 atom stereocenters. The Hall–Kier alpha value is -5.35. The number of amides is 2. The third-order valence-corrected chi connectivity index (χ3v) is 6.39. The minimum atomic E-state index is -0.572. The van der Waals surface area contributed by atoms with Crippen molar-refractivity contribution in [2.45, 2.75) is 13.3 Å². The first-order chi connectivity index (χ1) is 19.0. The van der Waals surface area contributed by atoms with Crippen LogP contribution in [0.25, 0.3) is 17.4 Å². The zero-order chi connectivity index (χ0) is 27.2. The Morgan fingerprint density at radius 1 is 0.821 bits per heavy atom. The van der Waals surface area contributed by atoms with Crippen molar-refractivity contribution < 1.29 is 14.0 Å². The summed E-state index contributed by atoms with van der Waals surface area (Å²) in [7, 11) is 0. The molecule has 1 aliphatic rings. The van der Waals surface area contributed by atoms with Crippen LogP contribution in [0.1, 0.15) is 18.2 Å². The molecule has 190 valence electrons. The molecule has 3 aromatic carbocycles. The van der Waals surface area contributed by atoms with Crippen LogP contribution < -0.4 is 0 Å². The lowest BCUT2D eigenvalue weighted by molar-refractivity contribution is -0.140. The van der Waals surface area contributed by atoms with Gasteiger partial charge in [0, 0.05) is 17.7 Å². The maximum atomic E-state index is 13.3. The summed E-state index contributed by atoms with van der Waals surface area (Å²) in [6.45, 7) is 1.79. The van der Waals surface area contributed by atoms with Crippen LogP contribution in [0.5, 0.6) is 0 Å². The number of nitriles is 1. The minimum Gasteiger partial charge on any atom is -0.457 e. The molecule has 7 heteroatoms. The number of azo groups is 1. The van der Waals surface area contributed by atoms with Gasteiger partial charge in [0.25, 0.3) is 11.8 Å². The van der Waals surface area contributed by atoms with Crippen molar-refractivity contribution in [2.75, 3.05) is 6.54 Å². The van der Waals surface area contributed by atoms with Gasteiger partial charge in [0.2, 0.25) is 0 Å². The zero-order valence-corrected chi connectivity index (χ0v) is 21.2. The van der Waals surface area contributed by atoms with Gasteiger partial charge in [0.05, 0.1) is 11.4 Å². The summed E-state index contributed by atoms with van der Waals surface area (Å²) in [5.74, 6) is 0.0298. The molecule has 2 heterocycles. The highest BCUT2D eigenvalue weighted by molar-refractivity contribution is 6.19. The monoisotopic (exact) mass is 512 g/mol. The Morgan fingerprint density at radius 3 is 2.13 bits per heavy atom. The fourth-order valence-corrected chi connectivity index (χ4v) is 4.25. The van der Waals surface area contributed by atoms with Gasteiger partial charge in [-0.15, -0.1) is 0 Å². The molecule has 2 amide bonds. The third-order valence-electron chi connectivity index (χ3n) is 6.39. The van der Waals surface area contributed by atoms with Crippen LogP contribution in [0.4, 0.5) is 11.4 Å². The fourth-order valence-electron chi connectivity index (χ4n) is 4.25. The Balaban J connectivity index is 1.36. The second-order valence-electron chi connectivity index (χ2n) is 8.95. The first-order valence-electron chi connectivity index (χ1n) is 12.4. The Bertz CT molecular complexity index is 1640. The summed E-state index contributed by atoms with van der Waals surface area (Å²) >= 11 is 0. The lowest BCUT2D eigenvalue weighted by Gasteiger charge is -2.27. The van der Waals surface area contributed by atoms with Gasteiger partial charge < -0.3 is 4.42 Å². The number of hydrogen-bond donors (Lipinski definition) is 0. The maximum absolute atomic E-state index is 13.3. The van der Waals surface area contributed by atoms with E-state index in [2.05, 4.69) is 10.2 Å². The molecule has 5 rings (SSSR count). The molecule has 0 radical (unpaired) electrons. The molecule has 0 bridgehead atoms. The normalized spacial score (nSPS) is 14.9. The van der Waals surface area contributed by atoms with Crippen LogP contribution in [-0.4, -0.2) is 23.3 Å². The highest BCUT2D eigenvalue weighted by atomic mass is 16.3. The van der Waals surface area contributed by atoms with E-state index in [9.17, 15) is 14.9 Å². The van der Waals surface area contributed by atoms with Gasteiger partial charge in [-0.05, 0) is 79.1 Å². The first kappa shape index (κ1) is 25.3. The van der Waals surface area contributed by atoms with E-state index < -0.39 is 11.8 Å². The Labute approximate surface area is 226 Å². The minimum absolute atomic E-state index is 0.0408. The van der Waals surface area contributed by atoms with Crippen molar-refractivity contribution in [3.8, 4) is 17.4 Å². The van der Waals surface area contributed by atoms with Gasteiger partial charge in [-0.25, -0.2) is 0 Å². The molecule has 1 aromatic heterocycles. The number of furan rings is 1. The molecule has 0 aliphatic carbocycles. The highest BCUT2D eigenvalue weighted by Crippen LogP contribution is 2.30. The summed E-state index contributed by atoms with van der Waals surface area (Å²) in [5.41, 5.74) is 3.86. The van der Waals surface area contributed by atoms with Crippen molar-refractivity contribution in [1.29, 1.82) is 5.26 Å². The lowest BCUT2D eigenvalue weighted by atomic mass is 9.94. The summed E-state index contributed by atoms with van der Waals surface area (Å²) < 4.78 is 6.01. The standard InChI is InChI=1S/C32H24N4O3/c1-22-28(31(37)36(32(38)29(22)21-33)19-18-23-8-4-2-5-9-23)20-27-16-17-30(39-27)24-12-14-26(15-13-24)35-34-25-10-6-3-7-11-25/h2-17,20H,18-19H2,1H3/b28-20+,35-34?. The maximum Gasteiger partial charge on any atom is 0.271 e. The third kappa shape index (κ3) is 5.65. The second kappa shape index (κ2) is 11.4. The van der Waals surface area contributed by atoms with Crippen LogP contribution in [0.3, 0.4) is 0 Å². The highest BCUT2D eigenvalue weighted by Gasteiger charge is 2.35. The van der Waals surface area contributed by atoms with Gasteiger partial charge in [0.15, 0.2) is 0 Å². The van der Waals surface area contributed by atoms with Crippen LogP contribution in [0, 0.1) is 11.3 Å². The second-order valence-corrected chi connectivity index (χ2v) is 8.95. The number of carbonyl (C=O) groups is 2. The van der Waals surface area contributed by atoms with Crippen molar-refractivity contribution in [2.24, 2.45) is 10.2 Å². The van der Waals surface area contributed by atoms with E-state index in [4.69, 9.17) is 4.42 Å². The van der Waals surface area contributed by atoms with E-state index in [1.807, 2.05) is 97.1 Å². The van der Waals surface area contributed by atoms with Gasteiger partial charge in [-0.1, -0.05) is 48.5 Å². The van der Waals surface area contributed by atoms with Crippen molar-refractivity contribution in [3.05, 3.63) is 125 Å². The van der Waals surface area contributed by atoms with E-state index in [-0.39, 0.29) is 17.7 Å². The average Bonchev–Trinajstić information content (AvgIpc) is 3.44. The number of carbonyl (C=O) groups excluding carboxylic acids is 2. The Morgan fingerprint density at radius 2 is 1.46 bits per heavy atom. The van der Waals surface area contributed by atoms with Crippen LogP contribution in [0.15, 0.2) is 128 Å². The number of nitrogens with zero attached hydrogens (tertiary/aromatic N) is 4. The zero-order valence-electron chi connectivity index (χ0n) is 21.2. The molecule has 0 fully saturated rings. The first-order valence-corrected chi connectivity index (χ1v) is 12.4. The average molecular weight is 513 g/mol. The van der Waals surface area contributed by atoms with E-state index in [1.165, 1.54) is 0 Å². The predicted octanol–water partition coefficient (Wildman–Crippen LogP) is 7.20. The number of hydrogen-bond acceptors (Lipinski definition) is 6. The molecule has 4 aromatic rings. The number of benzene rings is 3. The molecule has 0 saturated carbocycles. The van der Waals surface area contributed by atoms with Crippen LogP contribution >= 0.6 is 0 Å². The number of imide groups is 1. The Kier molecular flexibility index (Phi) is 7.37. The molecule has 7 nitrogen and oxygen atoms in total.